The lowest BCUT2D eigenvalue weighted by molar-refractivity contribution is 0.403. The van der Waals surface area contributed by atoms with Gasteiger partial charge in [-0.05, 0) is 42.0 Å². The van der Waals surface area contributed by atoms with Crippen LogP contribution in [-0.2, 0) is 0 Å². The SMILES string of the molecule is COc1ccc(Br)c(C(NN)c2cc(Cl)ccc2OC)c1. The van der Waals surface area contributed by atoms with Crippen LogP contribution in [0.3, 0.4) is 0 Å². The molecule has 0 aliphatic carbocycles. The van der Waals surface area contributed by atoms with Crippen LogP contribution in [0.15, 0.2) is 40.9 Å². The van der Waals surface area contributed by atoms with Gasteiger partial charge in [-0.1, -0.05) is 27.5 Å². The fraction of sp³-hybridized carbons (Fsp3) is 0.200. The van der Waals surface area contributed by atoms with E-state index in [1.54, 1.807) is 20.3 Å². The van der Waals surface area contributed by atoms with Crippen LogP contribution in [-0.4, -0.2) is 14.2 Å². The first-order chi connectivity index (χ1) is 10.1. The average molecular weight is 372 g/mol. The van der Waals surface area contributed by atoms with Crippen molar-refractivity contribution in [1.82, 2.24) is 5.43 Å². The third-order valence-corrected chi connectivity index (χ3v) is 4.14. The lowest BCUT2D eigenvalue weighted by atomic mass is 9.98. The van der Waals surface area contributed by atoms with E-state index < -0.39 is 0 Å². The Morgan fingerprint density at radius 3 is 2.48 bits per heavy atom. The van der Waals surface area contributed by atoms with Crippen LogP contribution in [0.5, 0.6) is 11.5 Å². The van der Waals surface area contributed by atoms with Crippen molar-refractivity contribution in [1.29, 1.82) is 0 Å². The van der Waals surface area contributed by atoms with E-state index in [9.17, 15) is 0 Å². The van der Waals surface area contributed by atoms with Crippen molar-refractivity contribution < 1.29 is 9.47 Å². The molecule has 0 bridgehead atoms. The maximum atomic E-state index is 6.10. The molecule has 112 valence electrons. The van der Waals surface area contributed by atoms with Crippen molar-refractivity contribution in [3.8, 4) is 11.5 Å². The topological polar surface area (TPSA) is 56.5 Å². The van der Waals surface area contributed by atoms with Gasteiger partial charge in [0.05, 0.1) is 20.3 Å². The molecule has 0 aliphatic rings. The van der Waals surface area contributed by atoms with Crippen molar-refractivity contribution in [3.05, 3.63) is 57.0 Å². The number of halogens is 2. The minimum absolute atomic E-state index is 0.289. The highest BCUT2D eigenvalue weighted by molar-refractivity contribution is 9.10. The van der Waals surface area contributed by atoms with Crippen LogP contribution in [0.1, 0.15) is 17.2 Å². The molecule has 1 unspecified atom stereocenters. The zero-order chi connectivity index (χ0) is 15.4. The van der Waals surface area contributed by atoms with Crippen LogP contribution in [0.25, 0.3) is 0 Å². The summed E-state index contributed by atoms with van der Waals surface area (Å²) in [5.74, 6) is 7.21. The molecule has 2 aromatic carbocycles. The second kappa shape index (κ2) is 7.13. The molecule has 0 aliphatic heterocycles. The summed E-state index contributed by atoms with van der Waals surface area (Å²) in [6.45, 7) is 0. The van der Waals surface area contributed by atoms with Crippen LogP contribution in [0.4, 0.5) is 0 Å². The smallest absolute Gasteiger partial charge is 0.124 e. The summed E-state index contributed by atoms with van der Waals surface area (Å²) in [7, 11) is 3.23. The Morgan fingerprint density at radius 2 is 1.86 bits per heavy atom. The van der Waals surface area contributed by atoms with Crippen molar-refractivity contribution in [2.75, 3.05) is 14.2 Å². The van der Waals surface area contributed by atoms with Crippen molar-refractivity contribution in [2.24, 2.45) is 5.84 Å². The second-order valence-corrected chi connectivity index (χ2v) is 5.66. The van der Waals surface area contributed by atoms with E-state index in [0.717, 1.165) is 21.3 Å². The Labute approximate surface area is 137 Å². The monoisotopic (exact) mass is 370 g/mol. The molecule has 2 rings (SSSR count). The van der Waals surface area contributed by atoms with E-state index in [4.69, 9.17) is 26.9 Å². The normalized spacial score (nSPS) is 12.0. The summed E-state index contributed by atoms with van der Waals surface area (Å²) in [5.41, 5.74) is 4.58. The molecule has 0 saturated heterocycles. The van der Waals surface area contributed by atoms with E-state index in [0.29, 0.717) is 10.8 Å². The van der Waals surface area contributed by atoms with Gasteiger partial charge in [0, 0.05) is 15.1 Å². The summed E-state index contributed by atoms with van der Waals surface area (Å²) in [4.78, 5) is 0. The van der Waals surface area contributed by atoms with Gasteiger partial charge in [-0.2, -0.15) is 0 Å². The fourth-order valence-corrected chi connectivity index (χ4v) is 2.80. The Morgan fingerprint density at radius 1 is 1.10 bits per heavy atom. The molecule has 4 nitrogen and oxygen atoms in total. The van der Waals surface area contributed by atoms with Gasteiger partial charge >= 0.3 is 0 Å². The highest BCUT2D eigenvalue weighted by Gasteiger charge is 2.20. The number of methoxy groups -OCH3 is 2. The number of benzene rings is 2. The highest BCUT2D eigenvalue weighted by atomic mass is 79.9. The number of rotatable bonds is 5. The molecule has 0 saturated carbocycles. The number of ether oxygens (including phenoxy) is 2. The van der Waals surface area contributed by atoms with Gasteiger partial charge in [0.25, 0.3) is 0 Å². The Balaban J connectivity index is 2.56. The lowest BCUT2D eigenvalue weighted by Gasteiger charge is -2.21. The third kappa shape index (κ3) is 3.49. The Bertz CT molecular complexity index is 637. The van der Waals surface area contributed by atoms with Gasteiger partial charge in [-0.15, -0.1) is 0 Å². The van der Waals surface area contributed by atoms with Crippen LogP contribution >= 0.6 is 27.5 Å². The van der Waals surface area contributed by atoms with E-state index in [1.807, 2.05) is 30.3 Å². The standard InChI is InChI=1S/C15H16BrClN2O2/c1-20-10-4-5-13(16)11(8-10)15(19-18)12-7-9(17)3-6-14(12)21-2/h3-8,15,19H,18H2,1-2H3. The van der Waals surface area contributed by atoms with Gasteiger partial charge in [-0.25, -0.2) is 5.43 Å². The average Bonchev–Trinajstić information content (AvgIpc) is 2.50. The molecule has 0 heterocycles. The number of nitrogens with one attached hydrogen (secondary N) is 1. The van der Waals surface area contributed by atoms with E-state index in [2.05, 4.69) is 21.4 Å². The number of hydrogen-bond acceptors (Lipinski definition) is 4. The molecule has 0 fully saturated rings. The first-order valence-corrected chi connectivity index (χ1v) is 7.40. The Kier molecular flexibility index (Phi) is 5.47. The van der Waals surface area contributed by atoms with Gasteiger partial charge < -0.3 is 9.47 Å². The summed E-state index contributed by atoms with van der Waals surface area (Å²) in [6.07, 6.45) is 0. The molecule has 0 aromatic heterocycles. The maximum Gasteiger partial charge on any atom is 0.124 e. The minimum Gasteiger partial charge on any atom is -0.497 e. The molecule has 0 radical (unpaired) electrons. The van der Waals surface area contributed by atoms with Crippen LogP contribution < -0.4 is 20.7 Å². The molecule has 0 amide bonds. The molecule has 6 heteroatoms. The summed E-state index contributed by atoms with van der Waals surface area (Å²) >= 11 is 9.64. The fourth-order valence-electron chi connectivity index (χ4n) is 2.15. The molecular formula is C15H16BrClN2O2. The van der Waals surface area contributed by atoms with E-state index >= 15 is 0 Å². The summed E-state index contributed by atoms with van der Waals surface area (Å²) in [6, 6.07) is 10.8. The molecule has 21 heavy (non-hydrogen) atoms. The van der Waals surface area contributed by atoms with Crippen molar-refractivity contribution in [2.45, 2.75) is 6.04 Å². The summed E-state index contributed by atoms with van der Waals surface area (Å²) < 4.78 is 11.6. The first kappa shape index (κ1) is 16.1. The minimum atomic E-state index is -0.289. The predicted octanol–water partition coefficient (Wildman–Crippen LogP) is 3.67. The highest BCUT2D eigenvalue weighted by Crippen LogP contribution is 2.36. The van der Waals surface area contributed by atoms with Crippen LogP contribution in [0.2, 0.25) is 5.02 Å². The number of hydrogen-bond donors (Lipinski definition) is 2. The maximum absolute atomic E-state index is 6.10. The predicted molar refractivity (Wildman–Crippen MR) is 87.9 cm³/mol. The molecule has 1 atom stereocenters. The quantitative estimate of drug-likeness (QED) is 0.622. The molecule has 2 aromatic rings. The van der Waals surface area contributed by atoms with Gasteiger partial charge in [0.15, 0.2) is 0 Å². The van der Waals surface area contributed by atoms with Gasteiger partial charge in [0.2, 0.25) is 0 Å². The third-order valence-electron chi connectivity index (χ3n) is 3.18. The van der Waals surface area contributed by atoms with Crippen LogP contribution in [0, 0.1) is 0 Å². The molecular weight excluding hydrogens is 356 g/mol. The summed E-state index contributed by atoms with van der Waals surface area (Å²) in [5, 5.41) is 0.616. The number of hydrazine groups is 1. The molecule has 0 spiro atoms. The van der Waals surface area contributed by atoms with Crippen molar-refractivity contribution in [3.63, 3.8) is 0 Å². The zero-order valence-corrected chi connectivity index (χ0v) is 14.0. The largest absolute Gasteiger partial charge is 0.497 e. The number of nitrogens with two attached hydrogens (primary N) is 1. The Hall–Kier alpha value is -1.27. The van der Waals surface area contributed by atoms with Gasteiger partial charge in [0.1, 0.15) is 11.5 Å². The molecule has 3 N–H and O–H groups in total. The second-order valence-electron chi connectivity index (χ2n) is 4.37. The van der Waals surface area contributed by atoms with E-state index in [-0.39, 0.29) is 6.04 Å². The van der Waals surface area contributed by atoms with Gasteiger partial charge in [-0.3, -0.25) is 5.84 Å². The van der Waals surface area contributed by atoms with Crippen molar-refractivity contribution >= 4 is 27.5 Å². The lowest BCUT2D eigenvalue weighted by Crippen LogP contribution is -2.29. The van der Waals surface area contributed by atoms with E-state index in [1.165, 1.54) is 0 Å². The zero-order valence-electron chi connectivity index (χ0n) is 11.7. The first-order valence-electron chi connectivity index (χ1n) is 6.23.